The first-order valence-electron chi connectivity index (χ1n) is 7.91. The molecule has 25 heavy (non-hydrogen) atoms. The first kappa shape index (κ1) is 21.9. The zero-order chi connectivity index (χ0) is 17.3. The summed E-state index contributed by atoms with van der Waals surface area (Å²) >= 11 is 1.53. The Morgan fingerprint density at radius 3 is 2.76 bits per heavy atom. The van der Waals surface area contributed by atoms with Crippen LogP contribution in [0.1, 0.15) is 17.6 Å². The second kappa shape index (κ2) is 11.5. The molecule has 0 fully saturated rings. The first-order chi connectivity index (χ1) is 11.6. The van der Waals surface area contributed by atoms with Gasteiger partial charge in [0.1, 0.15) is 11.4 Å². The fraction of sp³-hybridized carbons (Fsp3) is 0.471. The molecule has 0 aliphatic heterocycles. The molecular weight excluding hydrogens is 453 g/mol. The minimum absolute atomic E-state index is 0. The Labute approximate surface area is 169 Å². The van der Waals surface area contributed by atoms with Crippen LogP contribution in [0.3, 0.4) is 0 Å². The van der Waals surface area contributed by atoms with Gasteiger partial charge in [-0.2, -0.15) is 0 Å². The number of rotatable bonds is 9. The second-order valence-electron chi connectivity index (χ2n) is 5.59. The Hall–Kier alpha value is -1.10. The molecule has 2 heterocycles. The van der Waals surface area contributed by atoms with Crippen LogP contribution < -0.4 is 10.6 Å². The summed E-state index contributed by atoms with van der Waals surface area (Å²) in [6.45, 7) is 3.96. The molecule has 0 spiro atoms. The lowest BCUT2D eigenvalue weighted by molar-refractivity contribution is 0.0711. The van der Waals surface area contributed by atoms with E-state index in [0.29, 0.717) is 25.7 Å². The Morgan fingerprint density at radius 2 is 2.12 bits per heavy atom. The minimum Gasteiger partial charge on any atom is -0.469 e. The summed E-state index contributed by atoms with van der Waals surface area (Å²) in [4.78, 5) is 5.41. The third-order valence-corrected chi connectivity index (χ3v) is 4.56. The van der Waals surface area contributed by atoms with Crippen molar-refractivity contribution < 1.29 is 14.3 Å². The Bertz CT molecular complexity index is 601. The molecule has 0 aliphatic carbocycles. The van der Waals surface area contributed by atoms with Gasteiger partial charge in [-0.1, -0.05) is 6.07 Å². The van der Waals surface area contributed by atoms with E-state index in [9.17, 15) is 5.11 Å². The van der Waals surface area contributed by atoms with Crippen molar-refractivity contribution >= 4 is 41.3 Å². The fourth-order valence-electron chi connectivity index (χ4n) is 2.10. The number of hydrogen-bond donors (Lipinski definition) is 3. The van der Waals surface area contributed by atoms with Gasteiger partial charge in [0.25, 0.3) is 0 Å². The average Bonchev–Trinajstić information content (AvgIpc) is 3.26. The van der Waals surface area contributed by atoms with Gasteiger partial charge in [0.2, 0.25) is 0 Å². The first-order valence-corrected chi connectivity index (χ1v) is 8.79. The highest BCUT2D eigenvalue weighted by Crippen LogP contribution is 2.25. The molecule has 3 N–H and O–H groups in total. The van der Waals surface area contributed by atoms with Gasteiger partial charge in [-0.25, -0.2) is 4.99 Å². The number of aliphatic imine (C=N–C) groups is 1. The number of hydrogen-bond acceptors (Lipinski definition) is 5. The molecule has 6 nitrogen and oxygen atoms in total. The lowest BCUT2D eigenvalue weighted by Crippen LogP contribution is -2.41. The topological polar surface area (TPSA) is 79.0 Å². The third-order valence-electron chi connectivity index (χ3n) is 3.44. The highest BCUT2D eigenvalue weighted by molar-refractivity contribution is 14.0. The number of ether oxygens (including phenoxy) is 1. The van der Waals surface area contributed by atoms with Gasteiger partial charge in [-0.05, 0) is 30.5 Å². The molecule has 0 aliphatic rings. The third kappa shape index (κ3) is 7.76. The van der Waals surface area contributed by atoms with Crippen LogP contribution in [0.15, 0.2) is 45.3 Å². The van der Waals surface area contributed by atoms with Crippen molar-refractivity contribution in [1.29, 1.82) is 0 Å². The van der Waals surface area contributed by atoms with Crippen LogP contribution in [-0.2, 0) is 16.8 Å². The molecular formula is C17H26IN3O3S. The van der Waals surface area contributed by atoms with Gasteiger partial charge in [0.15, 0.2) is 5.96 Å². The van der Waals surface area contributed by atoms with Gasteiger partial charge < -0.3 is 24.9 Å². The number of thiophene rings is 1. The van der Waals surface area contributed by atoms with Crippen molar-refractivity contribution in [2.24, 2.45) is 4.99 Å². The summed E-state index contributed by atoms with van der Waals surface area (Å²) in [5.74, 6) is 1.57. The van der Waals surface area contributed by atoms with Crippen molar-refractivity contribution in [1.82, 2.24) is 10.6 Å². The van der Waals surface area contributed by atoms with Crippen LogP contribution in [0.2, 0.25) is 0 Å². The summed E-state index contributed by atoms with van der Waals surface area (Å²) in [6, 6.07) is 7.66. The number of methoxy groups -OCH3 is 1. The summed E-state index contributed by atoms with van der Waals surface area (Å²) in [7, 11) is 1.66. The zero-order valence-electron chi connectivity index (χ0n) is 14.5. The second-order valence-corrected chi connectivity index (χ2v) is 6.54. The molecule has 0 amide bonds. The number of halogens is 1. The lowest BCUT2D eigenvalue weighted by atomic mass is 10.1. The van der Waals surface area contributed by atoms with E-state index >= 15 is 0 Å². The lowest BCUT2D eigenvalue weighted by Gasteiger charge is -2.20. The number of nitrogens with zero attached hydrogens (tertiary/aromatic N) is 1. The quantitative estimate of drug-likeness (QED) is 0.223. The van der Waals surface area contributed by atoms with E-state index in [1.54, 1.807) is 20.3 Å². The molecule has 0 saturated heterocycles. The summed E-state index contributed by atoms with van der Waals surface area (Å²) < 4.78 is 10.4. The molecule has 2 aromatic heterocycles. The number of guanidine groups is 1. The minimum atomic E-state index is -0.981. The van der Waals surface area contributed by atoms with E-state index in [2.05, 4.69) is 15.6 Å². The maximum Gasteiger partial charge on any atom is 0.191 e. The predicted molar refractivity (Wildman–Crippen MR) is 112 cm³/mol. The SMILES string of the molecule is COCCNC(=NCC(C)(O)c1cccs1)NCCc1ccco1.I. The molecule has 140 valence electrons. The van der Waals surface area contributed by atoms with E-state index in [1.165, 1.54) is 11.3 Å². The van der Waals surface area contributed by atoms with E-state index in [-0.39, 0.29) is 30.5 Å². The largest absolute Gasteiger partial charge is 0.469 e. The maximum atomic E-state index is 10.6. The normalized spacial score (nSPS) is 13.8. The van der Waals surface area contributed by atoms with Crippen molar-refractivity contribution in [3.05, 3.63) is 46.5 Å². The van der Waals surface area contributed by atoms with E-state index in [4.69, 9.17) is 9.15 Å². The smallest absolute Gasteiger partial charge is 0.191 e. The summed E-state index contributed by atoms with van der Waals surface area (Å²) in [5, 5.41) is 19.0. The molecule has 0 aromatic carbocycles. The van der Waals surface area contributed by atoms with Gasteiger partial charge in [-0.3, -0.25) is 0 Å². The maximum absolute atomic E-state index is 10.6. The van der Waals surface area contributed by atoms with E-state index < -0.39 is 5.60 Å². The molecule has 1 unspecified atom stereocenters. The van der Waals surface area contributed by atoms with Crippen LogP contribution in [0, 0.1) is 0 Å². The van der Waals surface area contributed by atoms with Crippen LogP contribution in [-0.4, -0.2) is 44.4 Å². The predicted octanol–water partition coefficient (Wildman–Crippen LogP) is 2.59. The van der Waals surface area contributed by atoms with Gasteiger partial charge in [0.05, 0.1) is 19.4 Å². The molecule has 0 radical (unpaired) electrons. The van der Waals surface area contributed by atoms with Gasteiger partial charge in [0, 0.05) is 31.5 Å². The molecule has 1 atom stereocenters. The monoisotopic (exact) mass is 479 g/mol. The van der Waals surface area contributed by atoms with Gasteiger partial charge in [-0.15, -0.1) is 35.3 Å². The Kier molecular flexibility index (Phi) is 10.1. The van der Waals surface area contributed by atoms with E-state index in [0.717, 1.165) is 17.1 Å². The van der Waals surface area contributed by atoms with Crippen LogP contribution >= 0.6 is 35.3 Å². The molecule has 8 heteroatoms. The van der Waals surface area contributed by atoms with E-state index in [1.807, 2.05) is 29.6 Å². The average molecular weight is 479 g/mol. The molecule has 0 saturated carbocycles. The number of nitrogens with one attached hydrogen (secondary N) is 2. The molecule has 2 aromatic rings. The fourth-order valence-corrected chi connectivity index (χ4v) is 2.88. The van der Waals surface area contributed by atoms with Crippen molar-refractivity contribution in [3.63, 3.8) is 0 Å². The van der Waals surface area contributed by atoms with Crippen molar-refractivity contribution in [2.45, 2.75) is 18.9 Å². The number of furan rings is 1. The molecule has 0 bridgehead atoms. The highest BCUT2D eigenvalue weighted by atomic mass is 127. The van der Waals surface area contributed by atoms with Crippen LogP contribution in [0.25, 0.3) is 0 Å². The van der Waals surface area contributed by atoms with Crippen LogP contribution in [0.4, 0.5) is 0 Å². The summed E-state index contributed by atoms with van der Waals surface area (Å²) in [5.41, 5.74) is -0.981. The Balaban J connectivity index is 0.00000312. The standard InChI is InChI=1S/C17H25N3O3S.HI/c1-17(21,15-6-4-12-24-15)13-20-16(19-9-11-22-2)18-8-7-14-5-3-10-23-14;/h3-6,10,12,21H,7-9,11,13H2,1-2H3,(H2,18,19,20);1H. The number of aliphatic hydroxyl groups is 1. The van der Waals surface area contributed by atoms with Crippen molar-refractivity contribution in [3.8, 4) is 0 Å². The van der Waals surface area contributed by atoms with Crippen LogP contribution in [0.5, 0.6) is 0 Å². The van der Waals surface area contributed by atoms with Crippen molar-refractivity contribution in [2.75, 3.05) is 33.4 Å². The van der Waals surface area contributed by atoms with Gasteiger partial charge >= 0.3 is 0 Å². The zero-order valence-corrected chi connectivity index (χ0v) is 17.7. The Morgan fingerprint density at radius 1 is 1.32 bits per heavy atom. The summed E-state index contributed by atoms with van der Waals surface area (Å²) in [6.07, 6.45) is 2.43. The molecule has 2 rings (SSSR count). The highest BCUT2D eigenvalue weighted by Gasteiger charge is 2.23.